The van der Waals surface area contributed by atoms with Gasteiger partial charge < -0.3 is 5.43 Å². The Morgan fingerprint density at radius 1 is 1.48 bits per heavy atom. The number of sulfonamides is 1. The summed E-state index contributed by atoms with van der Waals surface area (Å²) in [5.41, 5.74) is 2.37. The average Bonchev–Trinajstić information content (AvgIpc) is 3.06. The number of nitrogens with one attached hydrogen (secondary N) is 2. The number of anilines is 1. The molecule has 2 aromatic heterocycles. The maximum Gasteiger partial charge on any atom is 0.260 e. The molecule has 7 nitrogen and oxygen atoms in total. The zero-order valence-electron chi connectivity index (χ0n) is 11.3. The van der Waals surface area contributed by atoms with E-state index in [-0.39, 0.29) is 10.8 Å². The molecule has 4 N–H and O–H groups in total. The van der Waals surface area contributed by atoms with Crippen molar-refractivity contribution in [1.82, 2.24) is 14.1 Å². The summed E-state index contributed by atoms with van der Waals surface area (Å²) in [6, 6.07) is 0. The van der Waals surface area contributed by atoms with Gasteiger partial charge in [0.1, 0.15) is 0 Å². The molecule has 1 aliphatic heterocycles. The number of nitrogen functional groups attached to an aromatic ring is 1. The lowest BCUT2D eigenvalue weighted by atomic mass is 10.2. The highest BCUT2D eigenvalue weighted by Gasteiger charge is 2.26. The summed E-state index contributed by atoms with van der Waals surface area (Å²) in [6.45, 7) is 0.439. The molecule has 3 rings (SSSR count). The number of thiazole rings is 1. The minimum absolute atomic E-state index is 0.0714. The maximum absolute atomic E-state index is 12.6. The molecule has 21 heavy (non-hydrogen) atoms. The fourth-order valence-corrected chi connectivity index (χ4v) is 5.79. The molecule has 116 valence electrons. The topological polar surface area (TPSA) is 102 Å². The number of fused-ring (bicyclic) bond motifs is 1. The molecular formula is C11H17N5O2S3. The third-order valence-electron chi connectivity index (χ3n) is 3.38. The Labute approximate surface area is 131 Å². The molecule has 0 aliphatic carbocycles. The van der Waals surface area contributed by atoms with Gasteiger partial charge in [0.15, 0.2) is 10.8 Å². The van der Waals surface area contributed by atoms with E-state index in [1.807, 2.05) is 11.8 Å². The first-order chi connectivity index (χ1) is 10.1. The van der Waals surface area contributed by atoms with E-state index >= 15 is 0 Å². The van der Waals surface area contributed by atoms with Crippen molar-refractivity contribution < 1.29 is 8.42 Å². The Balaban J connectivity index is 1.83. The molecule has 0 bridgehead atoms. The second-order valence-electron chi connectivity index (χ2n) is 4.81. The Morgan fingerprint density at radius 2 is 2.33 bits per heavy atom. The Bertz CT molecular complexity index is 717. The van der Waals surface area contributed by atoms with Crippen molar-refractivity contribution in [3.8, 4) is 0 Å². The van der Waals surface area contributed by atoms with Gasteiger partial charge in [0.2, 0.25) is 5.03 Å². The predicted octanol–water partition coefficient (Wildman–Crippen LogP) is 1.25. The third kappa shape index (κ3) is 3.04. The van der Waals surface area contributed by atoms with Crippen LogP contribution in [0.25, 0.3) is 4.96 Å². The first kappa shape index (κ1) is 15.1. The lowest BCUT2D eigenvalue weighted by Crippen LogP contribution is -2.33. The van der Waals surface area contributed by atoms with Gasteiger partial charge >= 0.3 is 0 Å². The van der Waals surface area contributed by atoms with Crippen molar-refractivity contribution in [2.45, 2.75) is 29.5 Å². The molecule has 0 saturated carbocycles. The number of nitrogens with zero attached hydrogens (tertiary/aromatic N) is 2. The number of aromatic nitrogens is 2. The van der Waals surface area contributed by atoms with Crippen LogP contribution in [0.15, 0.2) is 16.6 Å². The highest BCUT2D eigenvalue weighted by molar-refractivity contribution is 8.00. The van der Waals surface area contributed by atoms with E-state index in [0.717, 1.165) is 18.6 Å². The number of thioether (sulfide) groups is 1. The Hall–Kier alpha value is -0.810. The van der Waals surface area contributed by atoms with Gasteiger partial charge in [0, 0.05) is 23.4 Å². The van der Waals surface area contributed by atoms with E-state index < -0.39 is 10.0 Å². The lowest BCUT2D eigenvalue weighted by molar-refractivity contribution is 0.569. The summed E-state index contributed by atoms with van der Waals surface area (Å²) in [5.74, 6) is 6.66. The minimum atomic E-state index is -3.65. The number of hydrazine groups is 1. The quantitative estimate of drug-likeness (QED) is 0.556. The lowest BCUT2D eigenvalue weighted by Gasteiger charge is -2.21. The molecule has 0 amide bonds. The predicted molar refractivity (Wildman–Crippen MR) is 86.2 cm³/mol. The summed E-state index contributed by atoms with van der Waals surface area (Å²) in [7, 11) is -3.65. The van der Waals surface area contributed by atoms with Crippen molar-refractivity contribution in [2.75, 3.05) is 17.7 Å². The van der Waals surface area contributed by atoms with Crippen molar-refractivity contribution in [3.05, 3.63) is 11.6 Å². The van der Waals surface area contributed by atoms with Crippen molar-refractivity contribution >= 4 is 43.9 Å². The highest BCUT2D eigenvalue weighted by atomic mass is 32.2. The third-order valence-corrected chi connectivity index (χ3v) is 6.99. The molecule has 0 spiro atoms. The molecule has 0 aromatic carbocycles. The molecule has 1 atom stereocenters. The standard InChI is InChI=1S/C11H17N5O2S3/c12-15-9-10(16-4-6-20-11(16)14-9)21(17,18)13-7-8-3-1-2-5-19-8/h4,6,8,13,15H,1-3,5,7,12H2. The van der Waals surface area contributed by atoms with Gasteiger partial charge in [-0.2, -0.15) is 16.7 Å². The first-order valence-electron chi connectivity index (χ1n) is 6.65. The van der Waals surface area contributed by atoms with E-state index in [1.165, 1.54) is 22.2 Å². The number of imidazole rings is 1. The van der Waals surface area contributed by atoms with Crippen LogP contribution in [0.5, 0.6) is 0 Å². The van der Waals surface area contributed by atoms with Crippen LogP contribution in [0, 0.1) is 0 Å². The van der Waals surface area contributed by atoms with Gasteiger partial charge in [-0.25, -0.2) is 19.0 Å². The molecule has 2 aromatic rings. The van der Waals surface area contributed by atoms with Crippen LogP contribution in [-0.4, -0.2) is 35.4 Å². The number of rotatable bonds is 5. The van der Waals surface area contributed by atoms with Gasteiger partial charge in [-0.05, 0) is 18.6 Å². The van der Waals surface area contributed by atoms with E-state index in [0.29, 0.717) is 16.8 Å². The number of hydrogen-bond donors (Lipinski definition) is 3. The van der Waals surface area contributed by atoms with Gasteiger partial charge in [-0.15, -0.1) is 11.3 Å². The smallest absolute Gasteiger partial charge is 0.260 e. The van der Waals surface area contributed by atoms with Gasteiger partial charge in [0.25, 0.3) is 10.0 Å². The number of nitrogens with two attached hydrogens (primary N) is 1. The van der Waals surface area contributed by atoms with E-state index in [1.54, 1.807) is 11.6 Å². The minimum Gasteiger partial charge on any atom is -0.306 e. The molecule has 3 heterocycles. The van der Waals surface area contributed by atoms with Crippen LogP contribution in [0.4, 0.5) is 5.82 Å². The second kappa shape index (κ2) is 6.13. The normalized spacial score (nSPS) is 20.0. The van der Waals surface area contributed by atoms with Crippen LogP contribution in [0.1, 0.15) is 19.3 Å². The Kier molecular flexibility index (Phi) is 4.41. The molecule has 1 unspecified atom stereocenters. The van der Waals surface area contributed by atoms with Crippen LogP contribution in [0.2, 0.25) is 0 Å². The Morgan fingerprint density at radius 3 is 3.05 bits per heavy atom. The summed E-state index contributed by atoms with van der Waals surface area (Å²) in [5, 5.41) is 2.20. The molecule has 1 saturated heterocycles. The summed E-state index contributed by atoms with van der Waals surface area (Å²) in [4.78, 5) is 4.77. The highest BCUT2D eigenvalue weighted by Crippen LogP contribution is 2.27. The van der Waals surface area contributed by atoms with Crippen LogP contribution in [0.3, 0.4) is 0 Å². The fraction of sp³-hybridized carbons (Fsp3) is 0.545. The molecule has 0 radical (unpaired) electrons. The zero-order chi connectivity index (χ0) is 14.9. The van der Waals surface area contributed by atoms with E-state index in [2.05, 4.69) is 15.1 Å². The van der Waals surface area contributed by atoms with E-state index in [4.69, 9.17) is 5.84 Å². The monoisotopic (exact) mass is 347 g/mol. The average molecular weight is 347 g/mol. The fourth-order valence-electron chi connectivity index (χ4n) is 2.36. The molecule has 1 aliphatic rings. The van der Waals surface area contributed by atoms with Crippen molar-refractivity contribution in [2.24, 2.45) is 5.84 Å². The second-order valence-corrected chi connectivity index (χ2v) is 8.77. The first-order valence-corrected chi connectivity index (χ1v) is 10.1. The SMILES string of the molecule is NNc1nc2sccn2c1S(=O)(=O)NCC1CCCCS1. The van der Waals surface area contributed by atoms with Gasteiger partial charge in [0.05, 0.1) is 0 Å². The zero-order valence-corrected chi connectivity index (χ0v) is 13.7. The van der Waals surface area contributed by atoms with Crippen LogP contribution >= 0.6 is 23.1 Å². The van der Waals surface area contributed by atoms with Crippen LogP contribution in [-0.2, 0) is 10.0 Å². The van der Waals surface area contributed by atoms with Crippen molar-refractivity contribution in [3.63, 3.8) is 0 Å². The van der Waals surface area contributed by atoms with Gasteiger partial charge in [-0.3, -0.25) is 4.40 Å². The molecule has 1 fully saturated rings. The number of hydrogen-bond acceptors (Lipinski definition) is 7. The van der Waals surface area contributed by atoms with Gasteiger partial charge in [-0.1, -0.05) is 6.42 Å². The van der Waals surface area contributed by atoms with E-state index in [9.17, 15) is 8.42 Å². The molecule has 10 heteroatoms. The molecular weight excluding hydrogens is 330 g/mol. The van der Waals surface area contributed by atoms with Crippen molar-refractivity contribution in [1.29, 1.82) is 0 Å². The largest absolute Gasteiger partial charge is 0.306 e. The maximum atomic E-state index is 12.6. The summed E-state index contributed by atoms with van der Waals surface area (Å²) >= 11 is 3.19. The van der Waals surface area contributed by atoms with Crippen LogP contribution < -0.4 is 16.0 Å². The summed E-state index contributed by atoms with van der Waals surface area (Å²) in [6.07, 6.45) is 5.11. The summed E-state index contributed by atoms with van der Waals surface area (Å²) < 4.78 is 29.3.